The van der Waals surface area contributed by atoms with E-state index in [1.165, 1.54) is 12.8 Å². The van der Waals surface area contributed by atoms with Gasteiger partial charge in [-0.25, -0.2) is 0 Å². The second kappa shape index (κ2) is 7.26. The van der Waals surface area contributed by atoms with Crippen LogP contribution in [0.1, 0.15) is 35.2 Å². The van der Waals surface area contributed by atoms with Crippen LogP contribution in [0.25, 0.3) is 0 Å². The molecule has 0 spiro atoms. The smallest absolute Gasteiger partial charge is 0.249 e. The third-order valence-electron chi connectivity index (χ3n) is 3.61. The monoisotopic (exact) mass is 262 g/mol. The van der Waals surface area contributed by atoms with Gasteiger partial charge in [0.1, 0.15) is 0 Å². The molecule has 1 aromatic carbocycles. The van der Waals surface area contributed by atoms with Crippen LogP contribution in [-0.2, 0) is 11.3 Å². The molecular formula is C15H22N2O2. The first-order valence-electron chi connectivity index (χ1n) is 6.93. The Labute approximate surface area is 114 Å². The van der Waals surface area contributed by atoms with E-state index in [1.807, 2.05) is 18.2 Å². The molecule has 0 aromatic heterocycles. The van der Waals surface area contributed by atoms with Gasteiger partial charge >= 0.3 is 0 Å². The van der Waals surface area contributed by atoms with E-state index in [0.29, 0.717) is 12.2 Å². The van der Waals surface area contributed by atoms with E-state index in [-0.39, 0.29) is 0 Å². The van der Waals surface area contributed by atoms with Crippen molar-refractivity contribution in [2.24, 2.45) is 11.7 Å². The maximum absolute atomic E-state index is 11.3. The van der Waals surface area contributed by atoms with E-state index >= 15 is 0 Å². The molecule has 1 saturated heterocycles. The van der Waals surface area contributed by atoms with Crippen molar-refractivity contribution in [1.29, 1.82) is 0 Å². The van der Waals surface area contributed by atoms with Crippen LogP contribution in [0.3, 0.4) is 0 Å². The Kier molecular flexibility index (Phi) is 5.36. The molecule has 1 aliphatic heterocycles. The molecule has 4 nitrogen and oxygen atoms in total. The summed E-state index contributed by atoms with van der Waals surface area (Å²) in [5, 5.41) is 3.40. The zero-order valence-corrected chi connectivity index (χ0v) is 11.2. The Hall–Kier alpha value is -1.39. The fourth-order valence-corrected chi connectivity index (χ4v) is 2.49. The van der Waals surface area contributed by atoms with Crippen LogP contribution >= 0.6 is 0 Å². The first-order chi connectivity index (χ1) is 9.27. The fourth-order valence-electron chi connectivity index (χ4n) is 2.49. The molecule has 0 bridgehead atoms. The Morgan fingerprint density at radius 2 is 2.26 bits per heavy atom. The van der Waals surface area contributed by atoms with Crippen molar-refractivity contribution in [2.75, 3.05) is 19.7 Å². The van der Waals surface area contributed by atoms with Gasteiger partial charge in [0.05, 0.1) is 6.61 Å². The SMILES string of the molecule is NC(=O)c1ccccc1COCCC1CCCNC1. The molecule has 1 aliphatic rings. The highest BCUT2D eigenvalue weighted by Crippen LogP contribution is 2.15. The predicted octanol–water partition coefficient (Wildman–Crippen LogP) is 1.69. The van der Waals surface area contributed by atoms with Crippen molar-refractivity contribution in [3.8, 4) is 0 Å². The second-order valence-corrected chi connectivity index (χ2v) is 5.08. The van der Waals surface area contributed by atoms with Gasteiger partial charge in [0, 0.05) is 12.2 Å². The number of nitrogens with two attached hydrogens (primary N) is 1. The minimum absolute atomic E-state index is 0.393. The summed E-state index contributed by atoms with van der Waals surface area (Å²) in [4.78, 5) is 11.3. The molecule has 2 rings (SSSR count). The van der Waals surface area contributed by atoms with E-state index in [9.17, 15) is 4.79 Å². The first kappa shape index (κ1) is 14.0. The number of amides is 1. The molecule has 1 unspecified atom stereocenters. The lowest BCUT2D eigenvalue weighted by Crippen LogP contribution is -2.30. The number of benzene rings is 1. The van der Waals surface area contributed by atoms with Gasteiger partial charge in [-0.15, -0.1) is 0 Å². The average molecular weight is 262 g/mol. The number of rotatable bonds is 6. The zero-order chi connectivity index (χ0) is 13.5. The maximum Gasteiger partial charge on any atom is 0.249 e. The number of hydrogen-bond acceptors (Lipinski definition) is 3. The first-order valence-corrected chi connectivity index (χ1v) is 6.93. The molecule has 3 N–H and O–H groups in total. The number of primary amides is 1. The summed E-state index contributed by atoms with van der Waals surface area (Å²) < 4.78 is 5.68. The van der Waals surface area contributed by atoms with E-state index < -0.39 is 5.91 Å². The Bertz CT molecular complexity index is 414. The van der Waals surface area contributed by atoms with Gasteiger partial charge in [-0.05, 0) is 49.9 Å². The van der Waals surface area contributed by atoms with Crippen molar-refractivity contribution >= 4 is 5.91 Å². The topological polar surface area (TPSA) is 64.4 Å². The summed E-state index contributed by atoms with van der Waals surface area (Å²) in [6.07, 6.45) is 3.62. The maximum atomic E-state index is 11.3. The van der Waals surface area contributed by atoms with Crippen molar-refractivity contribution in [1.82, 2.24) is 5.32 Å². The molecule has 0 aliphatic carbocycles. The third kappa shape index (κ3) is 4.33. The van der Waals surface area contributed by atoms with Crippen molar-refractivity contribution in [3.05, 3.63) is 35.4 Å². The van der Waals surface area contributed by atoms with E-state index in [4.69, 9.17) is 10.5 Å². The number of piperidine rings is 1. The van der Waals surface area contributed by atoms with Gasteiger partial charge in [-0.3, -0.25) is 4.79 Å². The molecule has 1 heterocycles. The van der Waals surface area contributed by atoms with Gasteiger partial charge in [-0.2, -0.15) is 0 Å². The van der Waals surface area contributed by atoms with Crippen LogP contribution in [0.2, 0.25) is 0 Å². The highest BCUT2D eigenvalue weighted by atomic mass is 16.5. The number of carbonyl (C=O) groups excluding carboxylic acids is 1. The highest BCUT2D eigenvalue weighted by molar-refractivity contribution is 5.94. The largest absolute Gasteiger partial charge is 0.377 e. The molecule has 0 radical (unpaired) electrons. The van der Waals surface area contributed by atoms with Gasteiger partial charge in [-0.1, -0.05) is 18.2 Å². The molecule has 104 valence electrons. The predicted molar refractivity (Wildman–Crippen MR) is 74.8 cm³/mol. The molecule has 1 fully saturated rings. The van der Waals surface area contributed by atoms with Gasteiger partial charge in [0.25, 0.3) is 0 Å². The van der Waals surface area contributed by atoms with Crippen LogP contribution in [-0.4, -0.2) is 25.6 Å². The summed E-state index contributed by atoms with van der Waals surface area (Å²) in [6, 6.07) is 7.35. The quantitative estimate of drug-likeness (QED) is 0.767. The summed E-state index contributed by atoms with van der Waals surface area (Å²) in [6.45, 7) is 3.43. The molecule has 0 saturated carbocycles. The Balaban J connectivity index is 1.74. The van der Waals surface area contributed by atoms with Crippen LogP contribution in [0.5, 0.6) is 0 Å². The van der Waals surface area contributed by atoms with E-state index in [2.05, 4.69) is 5.32 Å². The summed E-state index contributed by atoms with van der Waals surface area (Å²) in [7, 11) is 0. The van der Waals surface area contributed by atoms with Crippen molar-refractivity contribution < 1.29 is 9.53 Å². The van der Waals surface area contributed by atoms with E-state index in [1.54, 1.807) is 6.07 Å². The van der Waals surface area contributed by atoms with Gasteiger partial charge in [0.2, 0.25) is 5.91 Å². The third-order valence-corrected chi connectivity index (χ3v) is 3.61. The van der Waals surface area contributed by atoms with Crippen molar-refractivity contribution in [3.63, 3.8) is 0 Å². The number of ether oxygens (including phenoxy) is 1. The summed E-state index contributed by atoms with van der Waals surface area (Å²) in [5.41, 5.74) is 6.76. The van der Waals surface area contributed by atoms with Crippen LogP contribution in [0.4, 0.5) is 0 Å². The lowest BCUT2D eigenvalue weighted by molar-refractivity contribution is 0.0958. The number of carbonyl (C=O) groups is 1. The Morgan fingerprint density at radius 1 is 1.42 bits per heavy atom. The Morgan fingerprint density at radius 3 is 3.00 bits per heavy atom. The number of hydrogen-bond donors (Lipinski definition) is 2. The minimum atomic E-state index is -0.393. The zero-order valence-electron chi connectivity index (χ0n) is 11.2. The van der Waals surface area contributed by atoms with Crippen LogP contribution in [0, 0.1) is 5.92 Å². The van der Waals surface area contributed by atoms with Crippen molar-refractivity contribution in [2.45, 2.75) is 25.9 Å². The van der Waals surface area contributed by atoms with E-state index in [0.717, 1.165) is 37.6 Å². The molecule has 1 amide bonds. The molecular weight excluding hydrogens is 240 g/mol. The minimum Gasteiger partial charge on any atom is -0.377 e. The lowest BCUT2D eigenvalue weighted by Gasteiger charge is -2.22. The standard InChI is InChI=1S/C15H22N2O2/c16-15(18)14-6-2-1-5-13(14)11-19-9-7-12-4-3-8-17-10-12/h1-2,5-6,12,17H,3-4,7-11H2,(H2,16,18). The van der Waals surface area contributed by atoms with Crippen LogP contribution < -0.4 is 11.1 Å². The fraction of sp³-hybridized carbons (Fsp3) is 0.533. The summed E-state index contributed by atoms with van der Waals surface area (Å²) >= 11 is 0. The second-order valence-electron chi connectivity index (χ2n) is 5.08. The molecule has 1 aromatic rings. The summed E-state index contributed by atoms with van der Waals surface area (Å²) in [5.74, 6) is 0.329. The van der Waals surface area contributed by atoms with Crippen LogP contribution in [0.15, 0.2) is 24.3 Å². The van der Waals surface area contributed by atoms with Gasteiger partial charge < -0.3 is 15.8 Å². The lowest BCUT2D eigenvalue weighted by atomic mass is 9.97. The molecule has 19 heavy (non-hydrogen) atoms. The number of nitrogens with one attached hydrogen (secondary N) is 1. The average Bonchev–Trinajstić information content (AvgIpc) is 2.45. The molecule has 1 atom stereocenters. The highest BCUT2D eigenvalue weighted by Gasteiger charge is 2.12. The normalized spacial score (nSPS) is 19.3. The molecule has 4 heteroatoms. The van der Waals surface area contributed by atoms with Gasteiger partial charge in [0.15, 0.2) is 0 Å².